The molecule has 1 aliphatic rings. The van der Waals surface area contributed by atoms with E-state index >= 15 is 0 Å². The summed E-state index contributed by atoms with van der Waals surface area (Å²) in [7, 11) is 0. The quantitative estimate of drug-likeness (QED) is 0.825. The molecule has 0 saturated heterocycles. The summed E-state index contributed by atoms with van der Waals surface area (Å²) in [5, 5.41) is 12.6. The van der Waals surface area contributed by atoms with E-state index in [-0.39, 0.29) is 5.71 Å². The Hall–Kier alpha value is -1.56. The van der Waals surface area contributed by atoms with Crippen LogP contribution in [0, 0.1) is 6.92 Å². The van der Waals surface area contributed by atoms with Gasteiger partial charge in [-0.1, -0.05) is 35.0 Å². The molecule has 2 rings (SSSR count). The third-order valence-corrected chi connectivity index (χ3v) is 2.54. The van der Waals surface area contributed by atoms with Crippen molar-refractivity contribution in [2.24, 2.45) is 5.16 Å². The van der Waals surface area contributed by atoms with Gasteiger partial charge in [0.1, 0.15) is 0 Å². The maximum atomic E-state index is 12.4. The summed E-state index contributed by atoms with van der Waals surface area (Å²) in [6, 6.07) is 6.78. The summed E-state index contributed by atoms with van der Waals surface area (Å²) in [5.41, 5.74) is 1.58. The first kappa shape index (κ1) is 11.9. The number of nitrogens with zero attached hydrogens (tertiary/aromatic N) is 1. The number of aryl methyl sites for hydroxylation is 1. The van der Waals surface area contributed by atoms with E-state index in [2.05, 4.69) is 9.99 Å². The molecule has 17 heavy (non-hydrogen) atoms. The molecule has 92 valence electrons. The third-order valence-electron chi connectivity index (χ3n) is 2.54. The molecule has 3 nitrogen and oxygen atoms in total. The molecule has 0 spiro atoms. The van der Waals surface area contributed by atoms with Gasteiger partial charge in [-0.2, -0.15) is 13.2 Å². The van der Waals surface area contributed by atoms with Crippen LogP contribution < -0.4 is 0 Å². The van der Waals surface area contributed by atoms with Gasteiger partial charge in [0.15, 0.2) is 0 Å². The lowest BCUT2D eigenvalue weighted by Crippen LogP contribution is -2.45. The molecule has 1 aliphatic heterocycles. The standard InChI is InChI=1S/C11H10F3NO2/c1-7-2-4-8(5-3-7)9-6-10(16,17-15-9)11(12,13)14/h2-5,16H,6H2,1H3. The zero-order chi connectivity index (χ0) is 12.7. The maximum absolute atomic E-state index is 12.4. The molecule has 0 fully saturated rings. The SMILES string of the molecule is Cc1ccc(C2=NOC(O)(C(F)(F)F)C2)cc1. The number of hydrogen-bond acceptors (Lipinski definition) is 3. The molecule has 0 radical (unpaired) electrons. The van der Waals surface area contributed by atoms with E-state index in [4.69, 9.17) is 0 Å². The van der Waals surface area contributed by atoms with Crippen LogP contribution in [0.3, 0.4) is 0 Å². The molecule has 1 unspecified atom stereocenters. The number of aliphatic hydroxyl groups is 1. The third kappa shape index (κ3) is 2.12. The van der Waals surface area contributed by atoms with Crippen molar-refractivity contribution < 1.29 is 23.1 Å². The van der Waals surface area contributed by atoms with Gasteiger partial charge in [-0.3, -0.25) is 0 Å². The van der Waals surface area contributed by atoms with Crippen molar-refractivity contribution in [3.05, 3.63) is 35.4 Å². The molecule has 1 heterocycles. The van der Waals surface area contributed by atoms with E-state index in [9.17, 15) is 18.3 Å². The smallest absolute Gasteiger partial charge is 0.350 e. The second-order valence-electron chi connectivity index (χ2n) is 3.95. The summed E-state index contributed by atoms with van der Waals surface area (Å²) in [4.78, 5) is 4.12. The number of benzene rings is 1. The highest BCUT2D eigenvalue weighted by Gasteiger charge is 2.60. The molecule has 1 aromatic carbocycles. The normalized spacial score (nSPS) is 24.4. The van der Waals surface area contributed by atoms with Gasteiger partial charge < -0.3 is 9.94 Å². The minimum absolute atomic E-state index is 0.0878. The number of alkyl halides is 3. The van der Waals surface area contributed by atoms with Gasteiger partial charge in [0, 0.05) is 0 Å². The average Bonchev–Trinajstić information content (AvgIpc) is 2.63. The summed E-state index contributed by atoms with van der Waals surface area (Å²) < 4.78 is 37.3. The lowest BCUT2D eigenvalue weighted by molar-refractivity contribution is -0.355. The van der Waals surface area contributed by atoms with Crippen molar-refractivity contribution in [1.82, 2.24) is 0 Å². The van der Waals surface area contributed by atoms with Gasteiger partial charge in [-0.05, 0) is 12.5 Å². The van der Waals surface area contributed by atoms with Gasteiger partial charge in [0.2, 0.25) is 0 Å². The highest BCUT2D eigenvalue weighted by atomic mass is 19.4. The number of hydrogen-bond donors (Lipinski definition) is 1. The van der Waals surface area contributed by atoms with Crippen LogP contribution in [-0.4, -0.2) is 22.8 Å². The Balaban J connectivity index is 2.20. The summed E-state index contributed by atoms with van der Waals surface area (Å²) >= 11 is 0. The fourth-order valence-corrected chi connectivity index (χ4v) is 1.47. The number of oxime groups is 1. The lowest BCUT2D eigenvalue weighted by atomic mass is 10.0. The van der Waals surface area contributed by atoms with Crippen LogP contribution in [0.4, 0.5) is 13.2 Å². The van der Waals surface area contributed by atoms with Gasteiger partial charge in [-0.15, -0.1) is 0 Å². The van der Waals surface area contributed by atoms with Gasteiger partial charge >= 0.3 is 12.0 Å². The van der Waals surface area contributed by atoms with E-state index < -0.39 is 18.4 Å². The highest BCUT2D eigenvalue weighted by molar-refractivity contribution is 6.01. The zero-order valence-corrected chi connectivity index (χ0v) is 8.95. The van der Waals surface area contributed by atoms with E-state index in [1.54, 1.807) is 24.3 Å². The molecule has 1 aromatic rings. The van der Waals surface area contributed by atoms with Crippen molar-refractivity contribution in [2.45, 2.75) is 25.3 Å². The fourth-order valence-electron chi connectivity index (χ4n) is 1.47. The topological polar surface area (TPSA) is 41.8 Å². The Kier molecular flexibility index (Phi) is 2.61. The van der Waals surface area contributed by atoms with Crippen molar-refractivity contribution >= 4 is 5.71 Å². The summed E-state index contributed by atoms with van der Waals surface area (Å²) in [5.74, 6) is -3.20. The molecule has 1 atom stereocenters. The van der Waals surface area contributed by atoms with Crippen LogP contribution in [0.2, 0.25) is 0 Å². The van der Waals surface area contributed by atoms with Crippen molar-refractivity contribution in [2.75, 3.05) is 0 Å². The van der Waals surface area contributed by atoms with Crippen molar-refractivity contribution in [1.29, 1.82) is 0 Å². The van der Waals surface area contributed by atoms with Crippen molar-refractivity contribution in [3.8, 4) is 0 Å². The minimum Gasteiger partial charge on any atom is -0.350 e. The largest absolute Gasteiger partial charge is 0.458 e. The number of halogens is 3. The molecule has 0 amide bonds. The van der Waals surface area contributed by atoms with Crippen LogP contribution >= 0.6 is 0 Å². The molecule has 0 aliphatic carbocycles. The Labute approximate surface area is 95.5 Å². The Bertz CT molecular complexity index is 453. The molecule has 0 saturated carbocycles. The van der Waals surface area contributed by atoms with Gasteiger partial charge in [-0.25, -0.2) is 0 Å². The van der Waals surface area contributed by atoms with Gasteiger partial charge in [0.25, 0.3) is 0 Å². The van der Waals surface area contributed by atoms with Crippen LogP contribution in [0.15, 0.2) is 29.4 Å². The fraction of sp³-hybridized carbons (Fsp3) is 0.364. The maximum Gasteiger partial charge on any atom is 0.458 e. The Morgan fingerprint density at radius 1 is 1.29 bits per heavy atom. The Morgan fingerprint density at radius 3 is 2.35 bits per heavy atom. The van der Waals surface area contributed by atoms with Crippen LogP contribution in [-0.2, 0) is 4.84 Å². The second-order valence-corrected chi connectivity index (χ2v) is 3.95. The molecule has 0 aromatic heterocycles. The van der Waals surface area contributed by atoms with E-state index in [1.165, 1.54) is 0 Å². The number of rotatable bonds is 1. The molecular weight excluding hydrogens is 235 g/mol. The lowest BCUT2D eigenvalue weighted by Gasteiger charge is -2.22. The van der Waals surface area contributed by atoms with Gasteiger partial charge in [0.05, 0.1) is 12.1 Å². The Morgan fingerprint density at radius 2 is 1.88 bits per heavy atom. The average molecular weight is 245 g/mol. The summed E-state index contributed by atoms with van der Waals surface area (Å²) in [6.07, 6.45) is -5.55. The van der Waals surface area contributed by atoms with E-state index in [0.29, 0.717) is 5.56 Å². The van der Waals surface area contributed by atoms with E-state index in [1.807, 2.05) is 6.92 Å². The highest BCUT2D eigenvalue weighted by Crippen LogP contribution is 2.38. The summed E-state index contributed by atoms with van der Waals surface area (Å²) in [6.45, 7) is 1.86. The first-order valence-electron chi connectivity index (χ1n) is 4.93. The van der Waals surface area contributed by atoms with Crippen LogP contribution in [0.5, 0.6) is 0 Å². The zero-order valence-electron chi connectivity index (χ0n) is 8.95. The molecule has 0 bridgehead atoms. The molecule has 6 heteroatoms. The molecular formula is C11H10F3NO2. The van der Waals surface area contributed by atoms with Crippen LogP contribution in [0.25, 0.3) is 0 Å². The van der Waals surface area contributed by atoms with Crippen LogP contribution in [0.1, 0.15) is 17.5 Å². The predicted octanol–water partition coefficient (Wildman–Crippen LogP) is 2.37. The predicted molar refractivity (Wildman–Crippen MR) is 54.4 cm³/mol. The monoisotopic (exact) mass is 245 g/mol. The van der Waals surface area contributed by atoms with Crippen molar-refractivity contribution in [3.63, 3.8) is 0 Å². The minimum atomic E-state index is -4.86. The second kappa shape index (κ2) is 3.73. The molecule has 1 N–H and O–H groups in total. The first-order chi connectivity index (χ1) is 7.82. The van der Waals surface area contributed by atoms with E-state index in [0.717, 1.165) is 5.56 Å². The first-order valence-corrected chi connectivity index (χ1v) is 4.93.